The van der Waals surface area contributed by atoms with Gasteiger partial charge in [0.2, 0.25) is 11.8 Å². The Kier molecular flexibility index (Phi) is 5.77. The molecule has 8 nitrogen and oxygen atoms in total. The molecular weight excluding hydrogens is 278 g/mol. The lowest BCUT2D eigenvalue weighted by atomic mass is 10.2. The maximum Gasteiger partial charge on any atom is 0.253 e. The van der Waals surface area contributed by atoms with Gasteiger partial charge in [-0.05, 0) is 13.8 Å². The Morgan fingerprint density at radius 1 is 1.24 bits per heavy atom. The van der Waals surface area contributed by atoms with Gasteiger partial charge in [-0.3, -0.25) is 28.9 Å². The Bertz CT molecular complexity index is 504. The van der Waals surface area contributed by atoms with E-state index in [4.69, 9.17) is 0 Å². The minimum absolute atomic E-state index is 0. The molecule has 0 radical (unpaired) electrons. The van der Waals surface area contributed by atoms with Crippen molar-refractivity contribution < 1.29 is 26.8 Å². The highest BCUT2D eigenvalue weighted by atomic mass is 16.2. The van der Waals surface area contributed by atoms with E-state index in [0.717, 1.165) is 17.1 Å². The topological polar surface area (TPSA) is 113 Å². The molecule has 1 atom stereocenters. The van der Waals surface area contributed by atoms with Crippen LogP contribution in [0.4, 0.5) is 0 Å². The van der Waals surface area contributed by atoms with E-state index in [-0.39, 0.29) is 28.1 Å². The molecule has 8 heteroatoms. The Morgan fingerprint density at radius 2 is 1.81 bits per heavy atom. The highest BCUT2D eigenvalue weighted by Crippen LogP contribution is 2.04. The first kappa shape index (κ1) is 16.5. The van der Waals surface area contributed by atoms with Gasteiger partial charge in [0.05, 0.1) is 6.54 Å². The third kappa shape index (κ3) is 5.17. The van der Waals surface area contributed by atoms with Gasteiger partial charge in [-0.15, -0.1) is 0 Å². The molecule has 0 aromatic carbocycles. The minimum atomic E-state index is -0.806. The second kappa shape index (κ2) is 7.32. The van der Waals surface area contributed by atoms with E-state index >= 15 is 0 Å². The monoisotopic (exact) mass is 299 g/mol. The molecule has 0 fully saturated rings. The van der Waals surface area contributed by atoms with Crippen LogP contribution < -0.4 is 10.6 Å². The second-order valence-electron chi connectivity index (χ2n) is 4.62. The number of hydrogen-bond acceptors (Lipinski definition) is 5. The summed E-state index contributed by atoms with van der Waals surface area (Å²) in [5.41, 5.74) is 0. The minimum Gasteiger partial charge on any atom is -0.347 e. The molecule has 21 heavy (non-hydrogen) atoms. The van der Waals surface area contributed by atoms with Crippen molar-refractivity contribution in [2.75, 3.05) is 13.1 Å². The van der Waals surface area contributed by atoms with Crippen molar-refractivity contribution in [2.24, 2.45) is 0 Å². The van der Waals surface area contributed by atoms with Crippen molar-refractivity contribution in [3.05, 3.63) is 12.2 Å². The van der Waals surface area contributed by atoms with Crippen LogP contribution in [0.15, 0.2) is 12.2 Å². The summed E-state index contributed by atoms with van der Waals surface area (Å²) in [5.74, 6) is -2.05. The lowest BCUT2D eigenvalue weighted by Gasteiger charge is -2.16. The SMILES string of the molecule is CC(=O)CNC(=O)[C@H](C)NC(=O)CCN1C(=O)C=CC1=O.[HH].[HH]. The summed E-state index contributed by atoms with van der Waals surface area (Å²) in [5, 5.41) is 4.79. The average Bonchev–Trinajstić information content (AvgIpc) is 2.72. The van der Waals surface area contributed by atoms with Gasteiger partial charge in [-0.2, -0.15) is 0 Å². The number of hydrogen-bond donors (Lipinski definition) is 2. The summed E-state index contributed by atoms with van der Waals surface area (Å²) in [6.45, 7) is 2.67. The largest absolute Gasteiger partial charge is 0.347 e. The first-order chi connectivity index (χ1) is 9.81. The summed E-state index contributed by atoms with van der Waals surface area (Å²) in [4.78, 5) is 57.4. The number of rotatable bonds is 7. The first-order valence-corrected chi connectivity index (χ1v) is 6.41. The summed E-state index contributed by atoms with van der Waals surface area (Å²) in [7, 11) is 0. The van der Waals surface area contributed by atoms with Gasteiger partial charge in [0.15, 0.2) is 0 Å². The van der Waals surface area contributed by atoms with Gasteiger partial charge < -0.3 is 10.6 Å². The van der Waals surface area contributed by atoms with Crippen LogP contribution in [0.25, 0.3) is 0 Å². The van der Waals surface area contributed by atoms with Crippen molar-refractivity contribution in [2.45, 2.75) is 26.3 Å². The zero-order valence-electron chi connectivity index (χ0n) is 11.8. The molecule has 0 saturated carbocycles. The smallest absolute Gasteiger partial charge is 0.253 e. The zero-order valence-corrected chi connectivity index (χ0v) is 11.8. The lowest BCUT2D eigenvalue weighted by molar-refractivity contribution is -0.137. The molecular formula is C13H21N3O5. The van der Waals surface area contributed by atoms with Gasteiger partial charge >= 0.3 is 0 Å². The van der Waals surface area contributed by atoms with Gasteiger partial charge in [0.1, 0.15) is 11.8 Å². The van der Waals surface area contributed by atoms with E-state index < -0.39 is 29.7 Å². The number of amides is 4. The molecule has 0 aromatic rings. The summed E-state index contributed by atoms with van der Waals surface area (Å²) < 4.78 is 0. The van der Waals surface area contributed by atoms with Crippen LogP contribution in [0.1, 0.15) is 23.1 Å². The average molecular weight is 299 g/mol. The number of carbonyl (C=O) groups is 5. The van der Waals surface area contributed by atoms with E-state index in [2.05, 4.69) is 10.6 Å². The molecule has 1 aliphatic rings. The molecule has 0 spiro atoms. The molecule has 1 aliphatic heterocycles. The first-order valence-electron chi connectivity index (χ1n) is 6.41. The van der Waals surface area contributed by atoms with Gasteiger partial charge in [0.25, 0.3) is 11.8 Å². The molecule has 2 N–H and O–H groups in total. The van der Waals surface area contributed by atoms with Crippen LogP contribution in [-0.4, -0.2) is 53.4 Å². The molecule has 0 saturated heterocycles. The number of nitrogens with one attached hydrogen (secondary N) is 2. The Morgan fingerprint density at radius 3 is 2.33 bits per heavy atom. The highest BCUT2D eigenvalue weighted by Gasteiger charge is 2.24. The fourth-order valence-electron chi connectivity index (χ4n) is 1.61. The van der Waals surface area contributed by atoms with E-state index in [1.807, 2.05) is 0 Å². The third-order valence-electron chi connectivity index (χ3n) is 2.75. The van der Waals surface area contributed by atoms with Gasteiger partial charge in [-0.1, -0.05) is 0 Å². The molecule has 1 heterocycles. The Hall–Kier alpha value is -2.51. The predicted octanol–water partition coefficient (Wildman–Crippen LogP) is -0.997. The number of imide groups is 1. The van der Waals surface area contributed by atoms with Crippen molar-refractivity contribution >= 4 is 29.4 Å². The molecule has 0 aliphatic carbocycles. The fourth-order valence-corrected chi connectivity index (χ4v) is 1.61. The highest BCUT2D eigenvalue weighted by molar-refractivity contribution is 6.13. The van der Waals surface area contributed by atoms with E-state index in [0.29, 0.717) is 0 Å². The van der Waals surface area contributed by atoms with Crippen LogP contribution in [0.5, 0.6) is 0 Å². The molecule has 118 valence electrons. The maximum absolute atomic E-state index is 11.6. The standard InChI is InChI=1S/C13H17N3O5.2H2/c1-8(17)7-14-13(21)9(2)15-10(18)5-6-16-11(19)3-4-12(16)20;;/h3-4,9H,5-7H2,1-2H3,(H,14,21)(H,15,18);2*1H/t9-;;/m0../s1. The number of Topliss-reactive ketones (excluding diaryl/α,β-unsaturated/α-hetero) is 1. The number of nitrogens with zero attached hydrogens (tertiary/aromatic N) is 1. The Balaban J connectivity index is 0. The van der Waals surface area contributed by atoms with Crippen LogP contribution >= 0.6 is 0 Å². The van der Waals surface area contributed by atoms with E-state index in [9.17, 15) is 24.0 Å². The third-order valence-corrected chi connectivity index (χ3v) is 2.75. The zero-order chi connectivity index (χ0) is 16.0. The predicted molar refractivity (Wildman–Crippen MR) is 76.0 cm³/mol. The van der Waals surface area contributed by atoms with Crippen molar-refractivity contribution in [3.8, 4) is 0 Å². The molecule has 0 bridgehead atoms. The molecule has 0 unspecified atom stereocenters. The lowest BCUT2D eigenvalue weighted by Crippen LogP contribution is -2.46. The molecule has 1 rings (SSSR count). The van der Waals surface area contributed by atoms with Crippen molar-refractivity contribution in [3.63, 3.8) is 0 Å². The number of carbonyl (C=O) groups excluding carboxylic acids is 5. The molecule has 4 amide bonds. The van der Waals surface area contributed by atoms with Crippen molar-refractivity contribution in [1.82, 2.24) is 15.5 Å². The number of ketones is 1. The summed E-state index contributed by atoms with van der Waals surface area (Å²) >= 11 is 0. The van der Waals surface area contributed by atoms with Gasteiger partial charge in [-0.25, -0.2) is 0 Å². The quantitative estimate of drug-likeness (QED) is 0.586. The van der Waals surface area contributed by atoms with Crippen LogP contribution in [-0.2, 0) is 24.0 Å². The summed E-state index contributed by atoms with van der Waals surface area (Å²) in [6, 6.07) is -0.806. The van der Waals surface area contributed by atoms with E-state index in [1.165, 1.54) is 13.8 Å². The van der Waals surface area contributed by atoms with Gasteiger partial charge in [0, 0.05) is 28.0 Å². The van der Waals surface area contributed by atoms with E-state index in [1.54, 1.807) is 0 Å². The normalized spacial score (nSPS) is 15.0. The van der Waals surface area contributed by atoms with Crippen LogP contribution in [0.3, 0.4) is 0 Å². The van der Waals surface area contributed by atoms with Crippen molar-refractivity contribution in [1.29, 1.82) is 0 Å². The fraction of sp³-hybridized carbons (Fsp3) is 0.462. The second-order valence-corrected chi connectivity index (χ2v) is 4.62. The van der Waals surface area contributed by atoms with Crippen LogP contribution in [0.2, 0.25) is 0 Å². The Labute approximate surface area is 124 Å². The molecule has 0 aromatic heterocycles. The summed E-state index contributed by atoms with van der Waals surface area (Å²) in [6.07, 6.45) is 2.18. The maximum atomic E-state index is 11.6. The van der Waals surface area contributed by atoms with Crippen LogP contribution in [0, 0.1) is 0 Å².